The van der Waals surface area contributed by atoms with Crippen LogP contribution >= 0.6 is 11.3 Å². The molecular formula is C19H27N5S. The predicted molar refractivity (Wildman–Crippen MR) is 103 cm³/mol. The SMILES string of the molecule is CC(C)c1ccn(-c2nc(C(C)(C)CCC(C)c3cncs3)c[nH]2)n1. The Morgan fingerprint density at radius 1 is 1.28 bits per heavy atom. The van der Waals surface area contributed by atoms with Gasteiger partial charge in [-0.3, -0.25) is 4.98 Å². The number of aromatic nitrogens is 5. The summed E-state index contributed by atoms with van der Waals surface area (Å²) in [4.78, 5) is 13.6. The van der Waals surface area contributed by atoms with Gasteiger partial charge in [-0.25, -0.2) is 9.67 Å². The van der Waals surface area contributed by atoms with Gasteiger partial charge in [0, 0.05) is 28.9 Å². The van der Waals surface area contributed by atoms with E-state index < -0.39 is 0 Å². The first-order valence-electron chi connectivity index (χ1n) is 8.87. The maximum Gasteiger partial charge on any atom is 0.228 e. The Bertz CT molecular complexity index is 798. The van der Waals surface area contributed by atoms with Crippen molar-refractivity contribution in [2.24, 2.45) is 0 Å². The fourth-order valence-corrected chi connectivity index (χ4v) is 3.57. The van der Waals surface area contributed by atoms with Crippen molar-refractivity contribution in [3.8, 4) is 5.95 Å². The van der Waals surface area contributed by atoms with Gasteiger partial charge >= 0.3 is 0 Å². The van der Waals surface area contributed by atoms with Crippen LogP contribution in [0.5, 0.6) is 0 Å². The number of nitrogens with one attached hydrogen (secondary N) is 1. The summed E-state index contributed by atoms with van der Waals surface area (Å²) in [7, 11) is 0. The molecule has 25 heavy (non-hydrogen) atoms. The van der Waals surface area contributed by atoms with Crippen molar-refractivity contribution >= 4 is 11.3 Å². The second-order valence-electron chi connectivity index (χ2n) is 7.68. The van der Waals surface area contributed by atoms with Gasteiger partial charge in [0.25, 0.3) is 0 Å². The first kappa shape index (κ1) is 17.9. The minimum Gasteiger partial charge on any atom is -0.329 e. The van der Waals surface area contributed by atoms with Gasteiger partial charge in [0.05, 0.1) is 16.9 Å². The molecule has 1 atom stereocenters. The van der Waals surface area contributed by atoms with Gasteiger partial charge in [-0.2, -0.15) is 5.10 Å². The lowest BCUT2D eigenvalue weighted by molar-refractivity contribution is 0.431. The van der Waals surface area contributed by atoms with E-state index >= 15 is 0 Å². The summed E-state index contributed by atoms with van der Waals surface area (Å²) in [5, 5.41) is 4.60. The number of aromatic amines is 1. The number of hydrogen-bond acceptors (Lipinski definition) is 4. The molecule has 3 rings (SSSR count). The molecule has 1 N–H and O–H groups in total. The lowest BCUT2D eigenvalue weighted by Crippen LogP contribution is -2.18. The maximum atomic E-state index is 4.80. The number of H-pyrrole nitrogens is 1. The minimum atomic E-state index is 0.0156. The molecule has 3 heterocycles. The van der Waals surface area contributed by atoms with E-state index in [9.17, 15) is 0 Å². The smallest absolute Gasteiger partial charge is 0.228 e. The largest absolute Gasteiger partial charge is 0.329 e. The van der Waals surface area contributed by atoms with Crippen LogP contribution in [0, 0.1) is 0 Å². The fourth-order valence-electron chi connectivity index (χ4n) is 2.86. The van der Waals surface area contributed by atoms with E-state index in [0.29, 0.717) is 11.8 Å². The van der Waals surface area contributed by atoms with Crippen molar-refractivity contribution in [1.29, 1.82) is 0 Å². The average Bonchev–Trinajstić information content (AvgIpc) is 3.33. The third-order valence-electron chi connectivity index (χ3n) is 4.82. The van der Waals surface area contributed by atoms with Crippen LogP contribution in [0.2, 0.25) is 0 Å². The number of rotatable bonds is 7. The highest BCUT2D eigenvalue weighted by Crippen LogP contribution is 2.33. The Labute approximate surface area is 153 Å². The van der Waals surface area contributed by atoms with Crippen LogP contribution in [0.3, 0.4) is 0 Å². The first-order chi connectivity index (χ1) is 11.9. The zero-order valence-electron chi connectivity index (χ0n) is 15.7. The van der Waals surface area contributed by atoms with Crippen LogP contribution in [-0.2, 0) is 5.41 Å². The zero-order valence-corrected chi connectivity index (χ0v) is 16.5. The molecular weight excluding hydrogens is 330 g/mol. The molecule has 0 aliphatic carbocycles. The van der Waals surface area contributed by atoms with Gasteiger partial charge < -0.3 is 4.98 Å². The number of nitrogens with zero attached hydrogens (tertiary/aromatic N) is 4. The van der Waals surface area contributed by atoms with Crippen molar-refractivity contribution in [1.82, 2.24) is 24.7 Å². The van der Waals surface area contributed by atoms with E-state index in [1.54, 1.807) is 11.3 Å². The topological polar surface area (TPSA) is 59.4 Å². The molecule has 0 amide bonds. The van der Waals surface area contributed by atoms with Crippen LogP contribution in [0.15, 0.2) is 30.2 Å². The molecule has 134 valence electrons. The zero-order chi connectivity index (χ0) is 18.0. The summed E-state index contributed by atoms with van der Waals surface area (Å²) in [5.41, 5.74) is 4.09. The maximum absolute atomic E-state index is 4.80. The Morgan fingerprint density at radius 3 is 2.72 bits per heavy atom. The Balaban J connectivity index is 1.69. The fraction of sp³-hybridized carbons (Fsp3) is 0.526. The summed E-state index contributed by atoms with van der Waals surface area (Å²) < 4.78 is 1.83. The molecule has 0 aromatic carbocycles. The molecule has 1 unspecified atom stereocenters. The normalized spacial score (nSPS) is 13.5. The molecule has 5 nitrogen and oxygen atoms in total. The molecule has 0 bridgehead atoms. The number of thiazole rings is 1. The molecule has 3 aromatic rings. The first-order valence-corrected chi connectivity index (χ1v) is 9.75. The number of hydrogen-bond donors (Lipinski definition) is 1. The van der Waals surface area contributed by atoms with Crippen molar-refractivity contribution in [3.05, 3.63) is 46.4 Å². The summed E-state index contributed by atoms with van der Waals surface area (Å²) in [5.74, 6) is 1.73. The highest BCUT2D eigenvalue weighted by atomic mass is 32.1. The summed E-state index contributed by atoms with van der Waals surface area (Å²) in [6.07, 6.45) is 8.17. The van der Waals surface area contributed by atoms with Gasteiger partial charge in [-0.05, 0) is 30.7 Å². The van der Waals surface area contributed by atoms with Crippen LogP contribution in [0.1, 0.15) is 75.6 Å². The van der Waals surface area contributed by atoms with Crippen molar-refractivity contribution in [3.63, 3.8) is 0 Å². The molecule has 0 saturated heterocycles. The molecule has 0 aliphatic heterocycles. The van der Waals surface area contributed by atoms with E-state index in [0.717, 1.165) is 30.2 Å². The molecule has 0 saturated carbocycles. The minimum absolute atomic E-state index is 0.0156. The predicted octanol–water partition coefficient (Wildman–Crippen LogP) is 5.04. The van der Waals surface area contributed by atoms with E-state index in [1.807, 2.05) is 28.8 Å². The Kier molecular flexibility index (Phi) is 5.08. The lowest BCUT2D eigenvalue weighted by Gasteiger charge is -2.23. The van der Waals surface area contributed by atoms with Crippen LogP contribution in [-0.4, -0.2) is 24.7 Å². The molecule has 6 heteroatoms. The summed E-state index contributed by atoms with van der Waals surface area (Å²) >= 11 is 1.74. The van der Waals surface area contributed by atoms with Crippen LogP contribution in [0.4, 0.5) is 0 Å². The van der Waals surface area contributed by atoms with E-state index in [-0.39, 0.29) is 5.41 Å². The van der Waals surface area contributed by atoms with Crippen molar-refractivity contribution < 1.29 is 0 Å². The van der Waals surface area contributed by atoms with E-state index in [4.69, 9.17) is 4.98 Å². The summed E-state index contributed by atoms with van der Waals surface area (Å²) in [6.45, 7) is 11.1. The highest BCUT2D eigenvalue weighted by Gasteiger charge is 2.25. The van der Waals surface area contributed by atoms with E-state index in [1.165, 1.54) is 4.88 Å². The quantitative estimate of drug-likeness (QED) is 0.644. The van der Waals surface area contributed by atoms with Gasteiger partial charge in [0.2, 0.25) is 5.95 Å². The van der Waals surface area contributed by atoms with Crippen LogP contribution in [0.25, 0.3) is 5.95 Å². The third-order valence-corrected chi connectivity index (χ3v) is 5.82. The molecule has 0 fully saturated rings. The monoisotopic (exact) mass is 357 g/mol. The Morgan fingerprint density at radius 2 is 2.08 bits per heavy atom. The van der Waals surface area contributed by atoms with Crippen molar-refractivity contribution in [2.75, 3.05) is 0 Å². The van der Waals surface area contributed by atoms with Gasteiger partial charge in [0.15, 0.2) is 0 Å². The van der Waals surface area contributed by atoms with E-state index in [2.05, 4.69) is 55.8 Å². The highest BCUT2D eigenvalue weighted by molar-refractivity contribution is 7.09. The van der Waals surface area contributed by atoms with Crippen molar-refractivity contribution in [2.45, 2.75) is 64.7 Å². The van der Waals surface area contributed by atoms with Crippen LogP contribution < -0.4 is 0 Å². The average molecular weight is 358 g/mol. The lowest BCUT2D eigenvalue weighted by atomic mass is 9.82. The molecule has 3 aromatic heterocycles. The standard InChI is InChI=1S/C19H27N5S/c1-13(2)15-7-9-24(23-15)18-21-11-17(22-18)19(4,5)8-6-14(3)16-10-20-12-25-16/h7,9-14H,6,8H2,1-5H3,(H,21,22). The second kappa shape index (κ2) is 7.12. The van der Waals surface area contributed by atoms with Gasteiger partial charge in [-0.1, -0.05) is 34.6 Å². The molecule has 0 spiro atoms. The van der Waals surface area contributed by atoms with Gasteiger partial charge in [0.1, 0.15) is 0 Å². The molecule has 0 radical (unpaired) electrons. The molecule has 0 aliphatic rings. The summed E-state index contributed by atoms with van der Waals surface area (Å²) in [6, 6.07) is 2.05. The van der Waals surface area contributed by atoms with Gasteiger partial charge in [-0.15, -0.1) is 11.3 Å². The number of imidazole rings is 1. The second-order valence-corrected chi connectivity index (χ2v) is 8.59. The third kappa shape index (κ3) is 4.00. The Hall–Kier alpha value is -1.95.